The average molecular weight is 397 g/mol. The molecule has 1 N–H and O–H groups in total. The molecular formula is C21H24N4O2S. The van der Waals surface area contributed by atoms with Crippen LogP contribution in [0.4, 0.5) is 0 Å². The second kappa shape index (κ2) is 8.22. The molecule has 1 saturated carbocycles. The van der Waals surface area contributed by atoms with E-state index < -0.39 is 0 Å². The summed E-state index contributed by atoms with van der Waals surface area (Å²) in [5.74, 6) is 2.03. The van der Waals surface area contributed by atoms with Gasteiger partial charge in [-0.15, -0.1) is 21.5 Å². The standard InChI is InChI=1S/C21H24N4O2S/c1-13(2)21-24-23-19(28-21)10-14-8-15(9-14)12-22-20(26)17-11-18(27-25-17)16-6-4-3-5-7-16/h3-7,11,13-15H,8-10,12H2,1-2H3,(H,22,26). The lowest BCUT2D eigenvalue weighted by Gasteiger charge is -2.34. The molecule has 0 saturated heterocycles. The average Bonchev–Trinajstić information content (AvgIpc) is 3.33. The Labute approximate surface area is 168 Å². The molecule has 3 aromatic rings. The van der Waals surface area contributed by atoms with Crippen LogP contribution in [-0.2, 0) is 6.42 Å². The molecule has 1 aromatic carbocycles. The first-order chi connectivity index (χ1) is 13.6. The summed E-state index contributed by atoms with van der Waals surface area (Å²) in [5.41, 5.74) is 1.23. The molecule has 28 heavy (non-hydrogen) atoms. The van der Waals surface area contributed by atoms with Gasteiger partial charge in [-0.25, -0.2) is 0 Å². The number of nitrogens with zero attached hydrogens (tertiary/aromatic N) is 3. The minimum Gasteiger partial charge on any atom is -0.355 e. The highest BCUT2D eigenvalue weighted by Crippen LogP contribution is 2.36. The molecule has 0 radical (unpaired) electrons. The van der Waals surface area contributed by atoms with Gasteiger partial charge in [-0.1, -0.05) is 49.3 Å². The number of benzene rings is 1. The molecule has 1 amide bonds. The van der Waals surface area contributed by atoms with Crippen LogP contribution in [0.15, 0.2) is 40.9 Å². The van der Waals surface area contributed by atoms with Gasteiger partial charge in [0.15, 0.2) is 11.5 Å². The van der Waals surface area contributed by atoms with Crippen molar-refractivity contribution in [2.24, 2.45) is 11.8 Å². The van der Waals surface area contributed by atoms with E-state index in [2.05, 4.69) is 34.5 Å². The second-order valence-electron chi connectivity index (χ2n) is 7.75. The van der Waals surface area contributed by atoms with Gasteiger partial charge in [-0.3, -0.25) is 4.79 Å². The highest BCUT2D eigenvalue weighted by molar-refractivity contribution is 7.11. The Morgan fingerprint density at radius 2 is 2.00 bits per heavy atom. The van der Waals surface area contributed by atoms with Crippen molar-refractivity contribution in [1.29, 1.82) is 0 Å². The maximum Gasteiger partial charge on any atom is 0.273 e. The lowest BCUT2D eigenvalue weighted by atomic mass is 9.73. The fraction of sp³-hybridized carbons (Fsp3) is 0.429. The summed E-state index contributed by atoms with van der Waals surface area (Å²) in [5, 5.41) is 17.7. The van der Waals surface area contributed by atoms with E-state index in [-0.39, 0.29) is 5.91 Å². The molecule has 2 aromatic heterocycles. The van der Waals surface area contributed by atoms with E-state index in [0.717, 1.165) is 34.8 Å². The van der Waals surface area contributed by atoms with Crippen LogP contribution in [0.25, 0.3) is 11.3 Å². The number of nitrogens with one attached hydrogen (secondary N) is 1. The van der Waals surface area contributed by atoms with Crippen molar-refractivity contribution in [3.63, 3.8) is 0 Å². The number of hydrogen-bond donors (Lipinski definition) is 1. The zero-order chi connectivity index (χ0) is 19.5. The predicted octanol–water partition coefficient (Wildman–Crippen LogP) is 4.32. The number of hydrogen-bond acceptors (Lipinski definition) is 6. The summed E-state index contributed by atoms with van der Waals surface area (Å²) in [6, 6.07) is 11.3. The Hall–Kier alpha value is -2.54. The van der Waals surface area contributed by atoms with Crippen LogP contribution >= 0.6 is 11.3 Å². The molecule has 146 valence electrons. The molecular weight excluding hydrogens is 372 g/mol. The monoisotopic (exact) mass is 396 g/mol. The van der Waals surface area contributed by atoms with Crippen molar-refractivity contribution in [3.8, 4) is 11.3 Å². The lowest BCUT2D eigenvalue weighted by molar-refractivity contribution is 0.0915. The van der Waals surface area contributed by atoms with Crippen LogP contribution in [0, 0.1) is 11.8 Å². The molecule has 2 heterocycles. The largest absolute Gasteiger partial charge is 0.355 e. The van der Waals surface area contributed by atoms with Gasteiger partial charge in [0.05, 0.1) is 0 Å². The third-order valence-corrected chi connectivity index (χ3v) is 6.37. The molecule has 4 rings (SSSR count). The summed E-state index contributed by atoms with van der Waals surface area (Å²) in [4.78, 5) is 12.3. The number of carbonyl (C=O) groups excluding carboxylic acids is 1. The van der Waals surface area contributed by atoms with E-state index in [9.17, 15) is 4.79 Å². The van der Waals surface area contributed by atoms with E-state index in [1.165, 1.54) is 0 Å². The molecule has 1 aliphatic carbocycles. The van der Waals surface area contributed by atoms with Gasteiger partial charge < -0.3 is 9.84 Å². The van der Waals surface area contributed by atoms with E-state index in [0.29, 0.717) is 35.8 Å². The fourth-order valence-electron chi connectivity index (χ4n) is 3.48. The topological polar surface area (TPSA) is 80.9 Å². The summed E-state index contributed by atoms with van der Waals surface area (Å²) >= 11 is 1.73. The van der Waals surface area contributed by atoms with Crippen LogP contribution in [-0.4, -0.2) is 27.8 Å². The predicted molar refractivity (Wildman–Crippen MR) is 108 cm³/mol. The van der Waals surface area contributed by atoms with E-state index in [1.54, 1.807) is 17.4 Å². The number of rotatable bonds is 7. The van der Waals surface area contributed by atoms with Gasteiger partial charge in [-0.2, -0.15) is 0 Å². The van der Waals surface area contributed by atoms with Crippen LogP contribution in [0.5, 0.6) is 0 Å². The SMILES string of the molecule is CC(C)c1nnc(CC2CC(CNC(=O)c3cc(-c4ccccc4)on3)C2)s1. The van der Waals surface area contributed by atoms with Crippen molar-refractivity contribution < 1.29 is 9.32 Å². The summed E-state index contributed by atoms with van der Waals surface area (Å²) in [6.45, 7) is 4.96. The Kier molecular flexibility index (Phi) is 5.52. The summed E-state index contributed by atoms with van der Waals surface area (Å²) < 4.78 is 5.30. The Balaban J connectivity index is 1.22. The van der Waals surface area contributed by atoms with Crippen LogP contribution in [0.2, 0.25) is 0 Å². The third-order valence-electron chi connectivity index (χ3n) is 5.13. The summed E-state index contributed by atoms with van der Waals surface area (Å²) in [7, 11) is 0. The fourth-order valence-corrected chi connectivity index (χ4v) is 4.44. The van der Waals surface area contributed by atoms with E-state index in [4.69, 9.17) is 4.52 Å². The van der Waals surface area contributed by atoms with Crippen molar-refractivity contribution >= 4 is 17.2 Å². The third kappa shape index (κ3) is 4.30. The van der Waals surface area contributed by atoms with Crippen molar-refractivity contribution in [2.75, 3.05) is 6.54 Å². The lowest BCUT2D eigenvalue weighted by Crippen LogP contribution is -2.36. The van der Waals surface area contributed by atoms with E-state index >= 15 is 0 Å². The van der Waals surface area contributed by atoms with Crippen LogP contribution in [0.3, 0.4) is 0 Å². The minimum absolute atomic E-state index is 0.180. The van der Waals surface area contributed by atoms with Gasteiger partial charge in [-0.05, 0) is 24.7 Å². The number of carbonyl (C=O) groups is 1. The minimum atomic E-state index is -0.180. The van der Waals surface area contributed by atoms with Gasteiger partial charge >= 0.3 is 0 Å². The first kappa shape index (κ1) is 18.8. The van der Waals surface area contributed by atoms with Gasteiger partial charge in [0.2, 0.25) is 0 Å². The highest BCUT2D eigenvalue weighted by atomic mass is 32.1. The maximum absolute atomic E-state index is 12.3. The maximum atomic E-state index is 12.3. The first-order valence-electron chi connectivity index (χ1n) is 9.71. The zero-order valence-electron chi connectivity index (χ0n) is 16.1. The molecule has 1 fully saturated rings. The number of amides is 1. The first-order valence-corrected chi connectivity index (χ1v) is 10.5. The van der Waals surface area contributed by atoms with Crippen LogP contribution in [0.1, 0.15) is 53.1 Å². The molecule has 0 atom stereocenters. The summed E-state index contributed by atoms with van der Waals surface area (Å²) in [6.07, 6.45) is 3.23. The Morgan fingerprint density at radius 1 is 1.21 bits per heavy atom. The quantitative estimate of drug-likeness (QED) is 0.643. The van der Waals surface area contributed by atoms with Crippen LogP contribution < -0.4 is 5.32 Å². The molecule has 0 aliphatic heterocycles. The highest BCUT2D eigenvalue weighted by Gasteiger charge is 2.30. The normalized spacial score (nSPS) is 18.8. The Morgan fingerprint density at radius 3 is 2.71 bits per heavy atom. The second-order valence-corrected chi connectivity index (χ2v) is 8.84. The number of aromatic nitrogens is 3. The van der Waals surface area contributed by atoms with Crippen molar-refractivity contribution in [1.82, 2.24) is 20.7 Å². The molecule has 0 bridgehead atoms. The zero-order valence-corrected chi connectivity index (χ0v) is 16.9. The Bertz CT molecular complexity index is 929. The van der Waals surface area contributed by atoms with E-state index in [1.807, 2.05) is 30.3 Å². The molecule has 6 nitrogen and oxygen atoms in total. The smallest absolute Gasteiger partial charge is 0.273 e. The van der Waals surface area contributed by atoms with Gasteiger partial charge in [0.1, 0.15) is 10.0 Å². The molecule has 0 spiro atoms. The van der Waals surface area contributed by atoms with Crippen molar-refractivity contribution in [2.45, 2.75) is 39.0 Å². The van der Waals surface area contributed by atoms with Crippen molar-refractivity contribution in [3.05, 3.63) is 52.1 Å². The van der Waals surface area contributed by atoms with Gasteiger partial charge in [0.25, 0.3) is 5.91 Å². The molecule has 0 unspecified atom stereocenters. The molecule has 7 heteroatoms. The molecule has 1 aliphatic rings. The van der Waals surface area contributed by atoms with Gasteiger partial charge in [0, 0.05) is 30.5 Å².